The SMILES string of the molecule is CCCCc1cnc(N)c(-c2nc(Nc3ccc4c(c3)oc(=O)n4COCC[Si](C)(C)C)no2)n1. The van der Waals surface area contributed by atoms with Crippen molar-refractivity contribution in [2.45, 2.75) is 58.6 Å². The Labute approximate surface area is 203 Å². The van der Waals surface area contributed by atoms with E-state index >= 15 is 0 Å². The predicted molar refractivity (Wildman–Crippen MR) is 136 cm³/mol. The minimum absolute atomic E-state index is 0.150. The fraction of sp³-hybridized carbons (Fsp3) is 0.435. The summed E-state index contributed by atoms with van der Waals surface area (Å²) >= 11 is 0. The standard InChI is InChI=1S/C23H31N7O4Si/c1-5-6-7-16-13-25-20(24)19(26-16)21-28-22(29-34-21)27-15-8-9-17-18(12-15)33-23(31)30(17)14-32-10-11-35(2,3)4/h8-9,12-13H,5-7,10-11,14H2,1-4H3,(H2,24,25)(H,27,29). The highest BCUT2D eigenvalue weighted by atomic mass is 28.3. The summed E-state index contributed by atoms with van der Waals surface area (Å²) in [6, 6.07) is 6.31. The summed E-state index contributed by atoms with van der Waals surface area (Å²) in [5, 5.41) is 7.01. The van der Waals surface area contributed by atoms with Crippen LogP contribution in [0.1, 0.15) is 25.5 Å². The molecule has 186 valence electrons. The van der Waals surface area contributed by atoms with Crippen LogP contribution in [0.15, 0.2) is 38.1 Å². The monoisotopic (exact) mass is 497 g/mol. The van der Waals surface area contributed by atoms with E-state index in [2.05, 4.69) is 52.0 Å². The summed E-state index contributed by atoms with van der Waals surface area (Å²) < 4.78 is 18.0. The first kappa shape index (κ1) is 24.6. The first-order chi connectivity index (χ1) is 16.7. The zero-order chi connectivity index (χ0) is 25.0. The number of rotatable bonds is 11. The number of aromatic nitrogens is 5. The summed E-state index contributed by atoms with van der Waals surface area (Å²) in [4.78, 5) is 25.4. The molecule has 3 aromatic heterocycles. The van der Waals surface area contributed by atoms with Crippen molar-refractivity contribution in [1.29, 1.82) is 0 Å². The fourth-order valence-corrected chi connectivity index (χ4v) is 4.13. The molecule has 0 saturated carbocycles. The second-order valence-corrected chi connectivity index (χ2v) is 15.2. The van der Waals surface area contributed by atoms with Crippen LogP contribution in [0.3, 0.4) is 0 Å². The van der Waals surface area contributed by atoms with Crippen LogP contribution in [0.5, 0.6) is 0 Å². The molecule has 3 N–H and O–H groups in total. The maximum Gasteiger partial charge on any atom is 0.421 e. The van der Waals surface area contributed by atoms with Gasteiger partial charge in [0, 0.05) is 26.4 Å². The molecular weight excluding hydrogens is 466 g/mol. The molecule has 35 heavy (non-hydrogen) atoms. The Morgan fingerprint density at radius 1 is 1.23 bits per heavy atom. The number of hydrogen-bond acceptors (Lipinski definition) is 10. The van der Waals surface area contributed by atoms with Gasteiger partial charge in [-0.2, -0.15) is 4.98 Å². The molecule has 0 spiro atoms. The number of fused-ring (bicyclic) bond motifs is 1. The van der Waals surface area contributed by atoms with E-state index in [0.29, 0.717) is 29.1 Å². The number of nitrogens with zero attached hydrogens (tertiary/aromatic N) is 5. The topological polar surface area (TPSA) is 147 Å². The first-order valence-electron chi connectivity index (χ1n) is 11.7. The van der Waals surface area contributed by atoms with E-state index < -0.39 is 13.8 Å². The van der Waals surface area contributed by atoms with Gasteiger partial charge in [0.15, 0.2) is 17.1 Å². The smallest absolute Gasteiger partial charge is 0.408 e. The quantitative estimate of drug-likeness (QED) is 0.225. The molecule has 0 saturated heterocycles. The lowest BCUT2D eigenvalue weighted by molar-refractivity contribution is 0.0850. The van der Waals surface area contributed by atoms with Crippen molar-refractivity contribution in [1.82, 2.24) is 24.7 Å². The maximum atomic E-state index is 12.3. The Morgan fingerprint density at radius 2 is 2.06 bits per heavy atom. The van der Waals surface area contributed by atoms with Crippen LogP contribution in [0.2, 0.25) is 25.7 Å². The van der Waals surface area contributed by atoms with Gasteiger partial charge < -0.3 is 24.7 Å². The van der Waals surface area contributed by atoms with E-state index in [1.54, 1.807) is 24.4 Å². The first-order valence-corrected chi connectivity index (χ1v) is 15.4. The van der Waals surface area contributed by atoms with E-state index in [1.807, 2.05) is 0 Å². The van der Waals surface area contributed by atoms with Crippen molar-refractivity contribution in [2.75, 3.05) is 17.7 Å². The second-order valence-electron chi connectivity index (χ2n) is 9.57. The summed E-state index contributed by atoms with van der Waals surface area (Å²) in [7, 11) is -1.20. The molecule has 11 nitrogen and oxygen atoms in total. The predicted octanol–water partition coefficient (Wildman–Crippen LogP) is 4.42. The highest BCUT2D eigenvalue weighted by Crippen LogP contribution is 2.25. The Morgan fingerprint density at radius 3 is 2.83 bits per heavy atom. The van der Waals surface area contributed by atoms with E-state index in [0.717, 1.165) is 31.0 Å². The minimum atomic E-state index is -1.20. The zero-order valence-electron chi connectivity index (χ0n) is 20.5. The van der Waals surface area contributed by atoms with Gasteiger partial charge >= 0.3 is 5.76 Å². The Balaban J connectivity index is 1.47. The van der Waals surface area contributed by atoms with Crippen LogP contribution in [-0.2, 0) is 17.9 Å². The zero-order valence-corrected chi connectivity index (χ0v) is 21.5. The van der Waals surface area contributed by atoms with Crippen LogP contribution in [-0.4, -0.2) is 39.4 Å². The number of aryl methyl sites for hydroxylation is 1. The molecule has 0 aliphatic heterocycles. The third kappa shape index (κ3) is 6.14. The van der Waals surface area contributed by atoms with Crippen molar-refractivity contribution in [3.8, 4) is 11.6 Å². The average Bonchev–Trinajstić information content (AvgIpc) is 3.39. The molecule has 4 aromatic rings. The van der Waals surface area contributed by atoms with Crippen LogP contribution in [0.4, 0.5) is 17.5 Å². The lowest BCUT2D eigenvalue weighted by Gasteiger charge is -2.15. The van der Waals surface area contributed by atoms with E-state index in [-0.39, 0.29) is 24.4 Å². The number of nitrogen functional groups attached to an aromatic ring is 1. The Kier molecular flexibility index (Phi) is 7.31. The summed E-state index contributed by atoms with van der Waals surface area (Å²) in [6.45, 7) is 9.72. The molecule has 0 aliphatic rings. The maximum absolute atomic E-state index is 12.3. The number of unbranched alkanes of at least 4 members (excludes halogenated alkanes) is 1. The molecule has 0 fully saturated rings. The minimum Gasteiger partial charge on any atom is -0.408 e. The van der Waals surface area contributed by atoms with E-state index in [1.165, 1.54) is 4.57 Å². The number of ether oxygens (including phenoxy) is 1. The van der Waals surface area contributed by atoms with Gasteiger partial charge in [-0.3, -0.25) is 0 Å². The van der Waals surface area contributed by atoms with Crippen molar-refractivity contribution in [3.05, 3.63) is 40.6 Å². The number of anilines is 3. The highest BCUT2D eigenvalue weighted by molar-refractivity contribution is 6.76. The van der Waals surface area contributed by atoms with Gasteiger partial charge in [-0.1, -0.05) is 33.0 Å². The van der Waals surface area contributed by atoms with Crippen molar-refractivity contribution in [3.63, 3.8) is 0 Å². The fourth-order valence-electron chi connectivity index (χ4n) is 3.37. The largest absolute Gasteiger partial charge is 0.421 e. The average molecular weight is 498 g/mol. The third-order valence-electron chi connectivity index (χ3n) is 5.41. The van der Waals surface area contributed by atoms with Gasteiger partial charge in [0.2, 0.25) is 0 Å². The molecule has 0 amide bonds. The Hall–Kier alpha value is -3.51. The molecule has 0 aliphatic carbocycles. The number of nitrogens with two attached hydrogens (primary N) is 1. The van der Waals surface area contributed by atoms with Crippen LogP contribution in [0.25, 0.3) is 22.7 Å². The third-order valence-corrected chi connectivity index (χ3v) is 7.11. The number of oxazole rings is 1. The van der Waals surface area contributed by atoms with Crippen molar-refractivity contribution < 1.29 is 13.7 Å². The summed E-state index contributed by atoms with van der Waals surface area (Å²) in [5.41, 5.74) is 8.85. The molecule has 12 heteroatoms. The molecular formula is C23H31N7O4Si. The molecule has 0 radical (unpaired) electrons. The molecule has 3 heterocycles. The highest BCUT2D eigenvalue weighted by Gasteiger charge is 2.17. The van der Waals surface area contributed by atoms with Gasteiger partial charge in [-0.05, 0) is 36.2 Å². The molecule has 0 atom stereocenters. The van der Waals surface area contributed by atoms with Gasteiger partial charge in [-0.25, -0.2) is 19.3 Å². The number of nitrogens with one attached hydrogen (secondary N) is 1. The van der Waals surface area contributed by atoms with Crippen LogP contribution in [0, 0.1) is 0 Å². The second kappa shape index (κ2) is 10.4. The lowest BCUT2D eigenvalue weighted by Crippen LogP contribution is -2.23. The van der Waals surface area contributed by atoms with Crippen LogP contribution < -0.4 is 16.8 Å². The van der Waals surface area contributed by atoms with Crippen LogP contribution >= 0.6 is 0 Å². The molecule has 1 aromatic carbocycles. The molecule has 0 bridgehead atoms. The normalized spacial score (nSPS) is 11.9. The molecule has 0 unspecified atom stereocenters. The van der Waals surface area contributed by atoms with E-state index in [4.69, 9.17) is 19.4 Å². The van der Waals surface area contributed by atoms with Gasteiger partial charge in [0.1, 0.15) is 6.73 Å². The summed E-state index contributed by atoms with van der Waals surface area (Å²) in [5.74, 6) is 0.141. The summed E-state index contributed by atoms with van der Waals surface area (Å²) in [6.07, 6.45) is 4.51. The van der Waals surface area contributed by atoms with Crippen molar-refractivity contribution in [2.24, 2.45) is 0 Å². The van der Waals surface area contributed by atoms with Crippen molar-refractivity contribution >= 4 is 36.6 Å². The van der Waals surface area contributed by atoms with Gasteiger partial charge in [0.05, 0.1) is 17.4 Å². The van der Waals surface area contributed by atoms with Gasteiger partial charge in [0.25, 0.3) is 11.8 Å². The molecule has 4 rings (SSSR count). The lowest BCUT2D eigenvalue weighted by atomic mass is 10.2. The number of hydrogen-bond donors (Lipinski definition) is 2. The van der Waals surface area contributed by atoms with E-state index in [9.17, 15) is 4.79 Å². The number of benzene rings is 1. The Bertz CT molecular complexity index is 1360. The van der Waals surface area contributed by atoms with Gasteiger partial charge in [-0.15, -0.1) is 0 Å².